The molecule has 1 amide bonds. The van der Waals surface area contributed by atoms with Gasteiger partial charge in [0.15, 0.2) is 0 Å². The molecule has 1 atom stereocenters. The van der Waals surface area contributed by atoms with E-state index in [2.05, 4.69) is 46.4 Å². The summed E-state index contributed by atoms with van der Waals surface area (Å²) in [6.45, 7) is 4.26. The number of nitroso groups, excluding NO2 is 1. The Balaban J connectivity index is 1.44. The molecule has 0 saturated carbocycles. The first-order chi connectivity index (χ1) is 15.9. The van der Waals surface area contributed by atoms with Crippen LogP contribution in [0.4, 0.5) is 5.69 Å². The van der Waals surface area contributed by atoms with Crippen LogP contribution in [-0.4, -0.2) is 63.3 Å². The highest BCUT2D eigenvalue weighted by Crippen LogP contribution is 2.27. The van der Waals surface area contributed by atoms with Gasteiger partial charge in [-0.05, 0) is 48.9 Å². The normalized spacial score (nSPS) is 19.4. The predicted molar refractivity (Wildman–Crippen MR) is 127 cm³/mol. The van der Waals surface area contributed by atoms with Crippen LogP contribution < -0.4 is 10.3 Å². The summed E-state index contributed by atoms with van der Waals surface area (Å²) in [7, 11) is -1.60. The summed E-state index contributed by atoms with van der Waals surface area (Å²) in [4.78, 5) is 26.7. The minimum atomic E-state index is -3.73. The minimum Gasteiger partial charge on any atom is -0.369 e. The Morgan fingerprint density at radius 1 is 0.939 bits per heavy atom. The van der Waals surface area contributed by atoms with Gasteiger partial charge in [-0.1, -0.05) is 30.3 Å². The number of rotatable bonds is 6. The summed E-state index contributed by atoms with van der Waals surface area (Å²) in [6.07, 6.45) is 3.12. The third-order valence-electron chi connectivity index (χ3n) is 6.17. The minimum absolute atomic E-state index is 0.144. The van der Waals surface area contributed by atoms with E-state index in [0.717, 1.165) is 37.3 Å². The Hall–Kier alpha value is -3.24. The van der Waals surface area contributed by atoms with Gasteiger partial charge < -0.3 is 9.80 Å². The fraction of sp³-hybridized carbons (Fsp3) is 0.348. The molecule has 0 radical (unpaired) electrons. The van der Waals surface area contributed by atoms with E-state index in [4.69, 9.17) is 0 Å². The van der Waals surface area contributed by atoms with E-state index in [1.165, 1.54) is 22.3 Å². The highest BCUT2D eigenvalue weighted by molar-refractivity contribution is 7.89. The quantitative estimate of drug-likeness (QED) is 0.515. The summed E-state index contributed by atoms with van der Waals surface area (Å²) in [5.41, 5.74) is 5.00. The molecule has 2 heterocycles. The van der Waals surface area contributed by atoms with Crippen LogP contribution >= 0.6 is 0 Å². The molecule has 2 aliphatic rings. The lowest BCUT2D eigenvalue weighted by Gasteiger charge is -2.34. The molecule has 174 valence electrons. The molecule has 33 heavy (non-hydrogen) atoms. The zero-order chi connectivity index (χ0) is 23.4. The summed E-state index contributed by atoms with van der Waals surface area (Å²) in [6, 6.07) is 15.1. The van der Waals surface area contributed by atoms with Gasteiger partial charge in [0.1, 0.15) is 0 Å². The lowest BCUT2D eigenvalue weighted by Crippen LogP contribution is -2.44. The van der Waals surface area contributed by atoms with Crippen molar-refractivity contribution in [1.29, 1.82) is 0 Å². The smallest absolute Gasteiger partial charge is 0.263 e. The van der Waals surface area contributed by atoms with Crippen LogP contribution in [0.5, 0.6) is 0 Å². The van der Waals surface area contributed by atoms with Gasteiger partial charge in [0.05, 0.1) is 16.1 Å². The largest absolute Gasteiger partial charge is 0.369 e. The van der Waals surface area contributed by atoms with Crippen molar-refractivity contribution in [2.45, 2.75) is 11.3 Å². The number of anilines is 1. The molecule has 10 heteroatoms. The lowest BCUT2D eigenvalue weighted by atomic mass is 10.0. The third kappa shape index (κ3) is 5.07. The number of hydrogen-bond acceptors (Lipinski definition) is 7. The first-order valence-corrected chi connectivity index (χ1v) is 12.3. The molecule has 2 aliphatic heterocycles. The monoisotopic (exact) mass is 469 g/mol. The van der Waals surface area contributed by atoms with Crippen LogP contribution in [0.1, 0.15) is 6.42 Å². The highest BCUT2D eigenvalue weighted by atomic mass is 32.2. The van der Waals surface area contributed by atoms with Crippen molar-refractivity contribution in [1.82, 2.24) is 14.6 Å². The number of nitrogens with zero attached hydrogens (tertiary/aromatic N) is 4. The molecule has 1 saturated heterocycles. The number of nitrogens with one attached hydrogen (secondary N) is 1. The zero-order valence-corrected chi connectivity index (χ0v) is 19.2. The predicted octanol–water partition coefficient (Wildman–Crippen LogP) is 2.43. The Morgan fingerprint density at radius 3 is 2.09 bits per heavy atom. The first kappa shape index (κ1) is 22.9. The van der Waals surface area contributed by atoms with Crippen LogP contribution in [0.15, 0.2) is 71.0 Å². The number of sulfonamides is 1. The van der Waals surface area contributed by atoms with E-state index in [0.29, 0.717) is 0 Å². The molecule has 0 spiro atoms. The fourth-order valence-electron chi connectivity index (χ4n) is 4.07. The summed E-state index contributed by atoms with van der Waals surface area (Å²) >= 11 is 0. The molecule has 0 aliphatic carbocycles. The molecule has 4 rings (SSSR count). The van der Waals surface area contributed by atoms with Crippen molar-refractivity contribution < 1.29 is 13.2 Å². The molecular formula is C23H27N5O4S. The number of hydrogen-bond donors (Lipinski definition) is 1. The number of benzene rings is 2. The van der Waals surface area contributed by atoms with E-state index in [1.807, 2.05) is 5.43 Å². The van der Waals surface area contributed by atoms with Crippen LogP contribution in [0, 0.1) is 10.8 Å². The SMILES string of the molecule is CN1CCN(c2ccc(-c3ccc(S(=O)(=O)N4C=CC(C(=O)NN=O)CC4)cc3)cc2)CC1. The molecule has 0 aromatic heterocycles. The zero-order valence-electron chi connectivity index (χ0n) is 18.4. The summed E-state index contributed by atoms with van der Waals surface area (Å²) in [5, 5.41) is 2.37. The van der Waals surface area contributed by atoms with Gasteiger partial charge in [0.2, 0.25) is 5.91 Å². The third-order valence-corrected chi connectivity index (χ3v) is 7.96. The van der Waals surface area contributed by atoms with E-state index in [9.17, 15) is 18.1 Å². The van der Waals surface area contributed by atoms with E-state index in [-0.39, 0.29) is 17.9 Å². The van der Waals surface area contributed by atoms with Crippen LogP contribution in [0.25, 0.3) is 11.1 Å². The lowest BCUT2D eigenvalue weighted by molar-refractivity contribution is -0.123. The van der Waals surface area contributed by atoms with Gasteiger partial charge in [-0.25, -0.2) is 13.8 Å². The molecule has 9 nitrogen and oxygen atoms in total. The number of likely N-dealkylation sites (N-methyl/N-ethyl adjacent to an activating group) is 1. The molecule has 1 N–H and O–H groups in total. The maximum atomic E-state index is 13.0. The molecular weight excluding hydrogens is 442 g/mol. The van der Waals surface area contributed by atoms with Crippen molar-refractivity contribution in [2.24, 2.45) is 11.2 Å². The maximum absolute atomic E-state index is 13.0. The number of piperazine rings is 1. The van der Waals surface area contributed by atoms with Crippen molar-refractivity contribution in [3.05, 3.63) is 65.7 Å². The second-order valence-corrected chi connectivity index (χ2v) is 10.2. The second kappa shape index (κ2) is 9.72. The average molecular weight is 470 g/mol. The Kier molecular flexibility index (Phi) is 6.75. The van der Waals surface area contributed by atoms with Crippen molar-refractivity contribution in [3.63, 3.8) is 0 Å². The summed E-state index contributed by atoms with van der Waals surface area (Å²) < 4.78 is 27.2. The maximum Gasteiger partial charge on any atom is 0.263 e. The average Bonchev–Trinajstić information content (AvgIpc) is 2.85. The molecule has 2 aromatic rings. The van der Waals surface area contributed by atoms with Gasteiger partial charge in [-0.15, -0.1) is 4.91 Å². The number of carbonyl (C=O) groups is 1. The summed E-state index contributed by atoms with van der Waals surface area (Å²) in [5.74, 6) is -1.12. The number of carbonyl (C=O) groups excluding carboxylic acids is 1. The van der Waals surface area contributed by atoms with Gasteiger partial charge in [0, 0.05) is 44.6 Å². The molecule has 0 bridgehead atoms. The molecule has 1 unspecified atom stereocenters. The number of amides is 1. The van der Waals surface area contributed by atoms with E-state index in [1.54, 1.807) is 24.3 Å². The van der Waals surface area contributed by atoms with Gasteiger partial charge >= 0.3 is 0 Å². The van der Waals surface area contributed by atoms with Crippen molar-refractivity contribution in [3.8, 4) is 11.1 Å². The van der Waals surface area contributed by atoms with Gasteiger partial charge in [-0.2, -0.15) is 0 Å². The molecule has 2 aromatic carbocycles. The molecule has 1 fully saturated rings. The van der Waals surface area contributed by atoms with Crippen LogP contribution in [0.2, 0.25) is 0 Å². The first-order valence-electron chi connectivity index (χ1n) is 10.8. The van der Waals surface area contributed by atoms with Gasteiger partial charge in [-0.3, -0.25) is 9.10 Å². The van der Waals surface area contributed by atoms with Crippen LogP contribution in [0.3, 0.4) is 0 Å². The van der Waals surface area contributed by atoms with E-state index < -0.39 is 21.8 Å². The Bertz CT molecular complexity index is 1120. The van der Waals surface area contributed by atoms with E-state index >= 15 is 0 Å². The van der Waals surface area contributed by atoms with Crippen LogP contribution in [-0.2, 0) is 14.8 Å². The van der Waals surface area contributed by atoms with Crippen molar-refractivity contribution >= 4 is 21.6 Å². The second-order valence-electron chi connectivity index (χ2n) is 8.28. The van der Waals surface area contributed by atoms with Crippen molar-refractivity contribution in [2.75, 3.05) is 44.7 Å². The van der Waals surface area contributed by atoms with Gasteiger partial charge in [0.25, 0.3) is 10.0 Å². The Labute approximate surface area is 193 Å². The standard InChI is InChI=1S/C23H27N5O4S/c1-26-14-16-27(17-15-26)21-6-2-18(3-7-21)19-4-8-22(9-5-19)33(31,32)28-12-10-20(11-13-28)23(29)24-25-30/h2-10,12,20H,11,13-17H2,1H3,(H,24,29,30). The highest BCUT2D eigenvalue weighted by Gasteiger charge is 2.28. The topological polar surface area (TPSA) is 102 Å². The fourth-order valence-corrected chi connectivity index (χ4v) is 5.39. The Morgan fingerprint density at radius 2 is 1.55 bits per heavy atom.